The summed E-state index contributed by atoms with van der Waals surface area (Å²) < 4.78 is 20.6. The molecule has 0 N–H and O–H groups in total. The molecule has 0 saturated carbocycles. The summed E-state index contributed by atoms with van der Waals surface area (Å²) in [6.45, 7) is 26.1. The Morgan fingerprint density at radius 2 is 0.759 bits per heavy atom. The van der Waals surface area contributed by atoms with Crippen LogP contribution in [0.4, 0.5) is 0 Å². The average molecular weight is 729 g/mol. The van der Waals surface area contributed by atoms with Crippen molar-refractivity contribution >= 4 is 23.9 Å². The molecule has 0 spiro atoms. The molecule has 0 unspecified atom stereocenters. The van der Waals surface area contributed by atoms with Crippen LogP contribution in [0.1, 0.15) is 74.9 Å². The number of carbonyl (C=O) groups is 4. The molecule has 0 atom stereocenters. The fraction of sp³-hybridized carbons (Fsp3) is 0.217. The van der Waals surface area contributed by atoms with Crippen molar-refractivity contribution in [3.05, 3.63) is 180 Å². The zero-order chi connectivity index (χ0) is 40.1. The number of esters is 4. The number of rotatable bonds is 14. The Labute approximate surface area is 318 Å². The lowest BCUT2D eigenvalue weighted by molar-refractivity contribution is -0.139. The normalized spacial score (nSPS) is 10.8. The van der Waals surface area contributed by atoms with E-state index in [4.69, 9.17) is 18.9 Å². The largest absolute Gasteiger partial charge is 0.458 e. The number of hydrogen-bond acceptors (Lipinski definition) is 8. The minimum atomic E-state index is -0.443. The fourth-order valence-corrected chi connectivity index (χ4v) is 5.06. The van der Waals surface area contributed by atoms with Crippen LogP contribution in [-0.2, 0) is 52.7 Å². The van der Waals surface area contributed by atoms with E-state index in [9.17, 15) is 19.2 Å². The predicted octanol–water partition coefficient (Wildman–Crippen LogP) is 9.45. The molecule has 0 heterocycles. The smallest absolute Gasteiger partial charge is 0.338 e. The molecular weight excluding hydrogens is 680 g/mol. The molecule has 0 amide bonds. The van der Waals surface area contributed by atoms with E-state index in [2.05, 4.69) is 54.0 Å². The minimum absolute atomic E-state index is 0.202. The van der Waals surface area contributed by atoms with Crippen molar-refractivity contribution in [2.24, 2.45) is 0 Å². The summed E-state index contributed by atoms with van der Waals surface area (Å²) in [6, 6.07) is 30.7. The molecule has 0 aliphatic heterocycles. The van der Waals surface area contributed by atoms with E-state index in [1.165, 1.54) is 0 Å². The molecule has 280 valence electrons. The third kappa shape index (κ3) is 11.9. The Kier molecular flexibility index (Phi) is 14.8. The van der Waals surface area contributed by atoms with Gasteiger partial charge in [-0.3, -0.25) is 0 Å². The van der Waals surface area contributed by atoms with Crippen molar-refractivity contribution < 1.29 is 38.1 Å². The second-order valence-corrected chi connectivity index (χ2v) is 13.7. The Balaban J connectivity index is 0.000000290. The molecule has 8 nitrogen and oxygen atoms in total. The molecule has 0 radical (unpaired) electrons. The standard InChI is InChI=1S/2C23H24O4/c1-15(2)21(24)26-19-11-7-17(8-12-19)23(5,6)18-9-13-20(14-10-18)27-22(25)16(3)4;1-5-21(24)26-15-17-7-11-19(12-8-17)23(3,4)20-13-9-18(10-14-20)16-27-22(25)6-2/h7-14H,1,3H2,2,4-6H3;5-14H,1-2,15-16H2,3-4H3. The summed E-state index contributed by atoms with van der Waals surface area (Å²) in [5.41, 5.74) is 6.47. The van der Waals surface area contributed by atoms with Crippen LogP contribution >= 0.6 is 0 Å². The lowest BCUT2D eigenvalue weighted by Gasteiger charge is -2.26. The van der Waals surface area contributed by atoms with Crippen LogP contribution in [0, 0.1) is 0 Å². The molecule has 4 rings (SSSR count). The van der Waals surface area contributed by atoms with Gasteiger partial charge in [0.15, 0.2) is 0 Å². The maximum absolute atomic E-state index is 11.6. The number of benzene rings is 4. The third-order valence-corrected chi connectivity index (χ3v) is 8.72. The maximum Gasteiger partial charge on any atom is 0.338 e. The molecule has 4 aromatic carbocycles. The first kappa shape index (κ1) is 42.1. The predicted molar refractivity (Wildman–Crippen MR) is 211 cm³/mol. The topological polar surface area (TPSA) is 105 Å². The fourth-order valence-electron chi connectivity index (χ4n) is 5.06. The molecule has 0 saturated heterocycles. The third-order valence-electron chi connectivity index (χ3n) is 8.72. The number of ether oxygens (including phenoxy) is 4. The van der Waals surface area contributed by atoms with Crippen molar-refractivity contribution in [1.29, 1.82) is 0 Å². The monoisotopic (exact) mass is 728 g/mol. The zero-order valence-electron chi connectivity index (χ0n) is 31.9. The minimum Gasteiger partial charge on any atom is -0.458 e. The van der Waals surface area contributed by atoms with Gasteiger partial charge in [0.1, 0.15) is 24.7 Å². The summed E-state index contributed by atoms with van der Waals surface area (Å²) in [5.74, 6) is -0.797. The van der Waals surface area contributed by atoms with E-state index in [0.717, 1.165) is 45.5 Å². The second kappa shape index (κ2) is 19.0. The van der Waals surface area contributed by atoms with Gasteiger partial charge in [-0.2, -0.15) is 0 Å². The molecule has 54 heavy (non-hydrogen) atoms. The average Bonchev–Trinajstić information content (AvgIpc) is 3.16. The van der Waals surface area contributed by atoms with Crippen LogP contribution in [0.15, 0.2) is 147 Å². The van der Waals surface area contributed by atoms with Gasteiger partial charge in [0, 0.05) is 34.1 Å². The summed E-state index contributed by atoms with van der Waals surface area (Å²) in [4.78, 5) is 45.5. The van der Waals surface area contributed by atoms with Gasteiger partial charge in [-0.05, 0) is 71.5 Å². The van der Waals surface area contributed by atoms with Gasteiger partial charge in [-0.1, -0.05) is 127 Å². The Bertz CT molecular complexity index is 1840. The molecule has 0 bridgehead atoms. The van der Waals surface area contributed by atoms with E-state index in [0.29, 0.717) is 22.6 Å². The van der Waals surface area contributed by atoms with Gasteiger partial charge in [0.2, 0.25) is 0 Å². The van der Waals surface area contributed by atoms with Crippen LogP contribution < -0.4 is 9.47 Å². The summed E-state index contributed by atoms with van der Waals surface area (Å²) in [5, 5.41) is 0. The Morgan fingerprint density at radius 3 is 1.00 bits per heavy atom. The van der Waals surface area contributed by atoms with Gasteiger partial charge in [-0.25, -0.2) is 19.2 Å². The molecule has 0 fully saturated rings. The first-order valence-corrected chi connectivity index (χ1v) is 17.2. The van der Waals surface area contributed by atoms with Crippen molar-refractivity contribution in [1.82, 2.24) is 0 Å². The van der Waals surface area contributed by atoms with Crippen LogP contribution in [-0.4, -0.2) is 23.9 Å². The lowest BCUT2D eigenvalue weighted by Crippen LogP contribution is -2.19. The first-order valence-electron chi connectivity index (χ1n) is 17.2. The second-order valence-electron chi connectivity index (χ2n) is 13.7. The maximum atomic E-state index is 11.6. The number of carbonyl (C=O) groups excluding carboxylic acids is 4. The highest BCUT2D eigenvalue weighted by Crippen LogP contribution is 2.34. The zero-order valence-corrected chi connectivity index (χ0v) is 31.9. The van der Waals surface area contributed by atoms with Crippen LogP contribution in [0.3, 0.4) is 0 Å². The Morgan fingerprint density at radius 1 is 0.500 bits per heavy atom. The highest BCUT2D eigenvalue weighted by Gasteiger charge is 2.24. The van der Waals surface area contributed by atoms with Gasteiger partial charge in [-0.15, -0.1) is 0 Å². The summed E-state index contributed by atoms with van der Waals surface area (Å²) in [6.07, 6.45) is 2.30. The summed E-state index contributed by atoms with van der Waals surface area (Å²) in [7, 11) is 0. The Hall–Kier alpha value is -6.28. The molecule has 0 aliphatic carbocycles. The lowest BCUT2D eigenvalue weighted by atomic mass is 9.78. The van der Waals surface area contributed by atoms with Crippen molar-refractivity contribution in [2.75, 3.05) is 0 Å². The van der Waals surface area contributed by atoms with Crippen molar-refractivity contribution in [3.63, 3.8) is 0 Å². The van der Waals surface area contributed by atoms with E-state index in [-0.39, 0.29) is 24.0 Å². The molecule has 4 aromatic rings. The highest BCUT2D eigenvalue weighted by atomic mass is 16.5. The van der Waals surface area contributed by atoms with Gasteiger partial charge >= 0.3 is 23.9 Å². The van der Waals surface area contributed by atoms with E-state index in [1.54, 1.807) is 38.1 Å². The van der Waals surface area contributed by atoms with Crippen molar-refractivity contribution in [3.8, 4) is 11.5 Å². The van der Waals surface area contributed by atoms with E-state index >= 15 is 0 Å². The molecule has 0 aromatic heterocycles. The van der Waals surface area contributed by atoms with E-state index in [1.807, 2.05) is 72.8 Å². The van der Waals surface area contributed by atoms with Gasteiger partial charge < -0.3 is 18.9 Å². The van der Waals surface area contributed by atoms with E-state index < -0.39 is 23.9 Å². The van der Waals surface area contributed by atoms with Crippen LogP contribution in [0.25, 0.3) is 0 Å². The van der Waals surface area contributed by atoms with Gasteiger partial charge in [0.05, 0.1) is 0 Å². The summed E-state index contributed by atoms with van der Waals surface area (Å²) >= 11 is 0. The molecule has 0 aliphatic rings. The quantitative estimate of drug-likeness (QED) is 0.0719. The first-order chi connectivity index (χ1) is 25.5. The van der Waals surface area contributed by atoms with Crippen molar-refractivity contribution in [2.45, 2.75) is 65.6 Å². The van der Waals surface area contributed by atoms with Gasteiger partial charge in [0.25, 0.3) is 0 Å². The molecule has 8 heteroatoms. The number of hydrogen-bond donors (Lipinski definition) is 0. The van der Waals surface area contributed by atoms with Crippen LogP contribution in [0.5, 0.6) is 11.5 Å². The highest BCUT2D eigenvalue weighted by molar-refractivity contribution is 5.89. The molecular formula is C46H48O8. The van der Waals surface area contributed by atoms with Crippen LogP contribution in [0.2, 0.25) is 0 Å². The SMILES string of the molecule is C=C(C)C(=O)Oc1ccc(C(C)(C)c2ccc(OC(=O)C(=C)C)cc2)cc1.C=CC(=O)OCc1ccc(C(C)(C)c2ccc(COC(=O)C=C)cc2)cc1.